The van der Waals surface area contributed by atoms with Crippen molar-refractivity contribution in [1.82, 2.24) is 30.2 Å². The monoisotopic (exact) mass is 666 g/mol. The van der Waals surface area contributed by atoms with Crippen molar-refractivity contribution >= 4 is 18.1 Å². The highest BCUT2D eigenvalue weighted by molar-refractivity contribution is 5.82. The molecule has 0 aromatic heterocycles. The van der Waals surface area contributed by atoms with Crippen molar-refractivity contribution in [1.29, 1.82) is 0 Å². The van der Waals surface area contributed by atoms with Crippen LogP contribution in [0.4, 0.5) is 14.4 Å². The lowest BCUT2D eigenvalue weighted by Gasteiger charge is -2.32. The average Bonchev–Trinajstić information content (AvgIpc) is 3.59. The molecule has 0 aromatic carbocycles. The molecule has 19 heteroatoms. The lowest BCUT2D eigenvalue weighted by atomic mass is 9.96. The minimum Gasteiger partial charge on any atom is -0.394 e. The number of carbonyl (C=O) groups excluding carboxylic acids is 3. The Hall–Kier alpha value is -2.59. The highest BCUT2D eigenvalue weighted by Gasteiger charge is 2.50. The van der Waals surface area contributed by atoms with E-state index in [1.165, 1.54) is 9.80 Å². The number of nitrogens with zero attached hydrogens (tertiary/aromatic N) is 4. The summed E-state index contributed by atoms with van der Waals surface area (Å²) >= 11 is 0. The van der Waals surface area contributed by atoms with Crippen LogP contribution >= 0.6 is 0 Å². The number of carbonyl (C=O) groups is 3. The van der Waals surface area contributed by atoms with Gasteiger partial charge in [-0.25, -0.2) is 14.4 Å². The van der Waals surface area contributed by atoms with Crippen molar-refractivity contribution in [2.45, 2.75) is 112 Å². The van der Waals surface area contributed by atoms with Gasteiger partial charge in [-0.3, -0.25) is 9.80 Å². The zero-order valence-electron chi connectivity index (χ0n) is 25.7. The molecule has 3 aliphatic rings. The van der Waals surface area contributed by atoms with E-state index in [1.807, 2.05) is 0 Å². The number of nitrogens with one attached hydrogen (secondary N) is 2. The summed E-state index contributed by atoms with van der Waals surface area (Å²) < 4.78 is 0. The van der Waals surface area contributed by atoms with E-state index in [0.717, 1.165) is 9.80 Å². The van der Waals surface area contributed by atoms with Crippen molar-refractivity contribution in [2.24, 2.45) is 0 Å². The normalized spacial score (nSPS) is 29.4. The van der Waals surface area contributed by atoms with E-state index >= 15 is 0 Å². The number of hydrogen-bond acceptors (Lipinski definition) is 13. The first-order valence-corrected chi connectivity index (χ1v) is 15.6. The van der Waals surface area contributed by atoms with Crippen LogP contribution in [0.5, 0.6) is 0 Å². The van der Waals surface area contributed by atoms with Crippen LogP contribution in [0, 0.1) is 0 Å². The van der Waals surface area contributed by atoms with Gasteiger partial charge in [-0.1, -0.05) is 0 Å². The van der Waals surface area contributed by atoms with Gasteiger partial charge in [-0.05, 0) is 51.4 Å². The second-order valence-corrected chi connectivity index (χ2v) is 12.2. The number of urea groups is 3. The summed E-state index contributed by atoms with van der Waals surface area (Å²) in [5, 5.41) is 104. The van der Waals surface area contributed by atoms with Gasteiger partial charge in [0.25, 0.3) is 0 Å². The maximum atomic E-state index is 13.6. The van der Waals surface area contributed by atoms with Crippen molar-refractivity contribution in [3.63, 3.8) is 0 Å². The largest absolute Gasteiger partial charge is 0.394 e. The van der Waals surface area contributed by atoms with Gasteiger partial charge in [-0.15, -0.1) is 0 Å². The van der Waals surface area contributed by atoms with Crippen LogP contribution in [0.25, 0.3) is 0 Å². The van der Waals surface area contributed by atoms with Crippen LogP contribution in [-0.4, -0.2) is 190 Å². The quantitative estimate of drug-likeness (QED) is 0.0583. The Labute approximate surface area is 266 Å². The minimum absolute atomic E-state index is 0.0872. The summed E-state index contributed by atoms with van der Waals surface area (Å²) in [5.41, 5.74) is 0. The number of rotatable bonds is 20. The highest BCUT2D eigenvalue weighted by atomic mass is 16.4. The first kappa shape index (κ1) is 37.9. The first-order chi connectivity index (χ1) is 21.9. The second-order valence-electron chi connectivity index (χ2n) is 12.2. The summed E-state index contributed by atoms with van der Waals surface area (Å²) in [5.74, 6) is 0. The molecule has 12 N–H and O–H groups in total. The fourth-order valence-electron chi connectivity index (χ4n) is 6.16. The molecular formula is C27H50N6O13. The SMILES string of the molecule is O=C1N(CN2C(=O)NC(CCC(O)CO)C2CCC(O)CO)C(O)C(O)N1CN1C(=O)NC(CCC(O)CO)C1CCC(O)CO. The van der Waals surface area contributed by atoms with Crippen molar-refractivity contribution in [3.05, 3.63) is 0 Å². The molecule has 0 saturated carbocycles. The Morgan fingerprint density at radius 1 is 0.522 bits per heavy atom. The van der Waals surface area contributed by atoms with Crippen LogP contribution in [-0.2, 0) is 0 Å². The molecule has 10 unspecified atom stereocenters. The third-order valence-electron chi connectivity index (χ3n) is 8.93. The molecule has 3 aliphatic heterocycles. The van der Waals surface area contributed by atoms with E-state index in [-0.39, 0.29) is 51.4 Å². The Balaban J connectivity index is 1.76. The molecule has 6 amide bonds. The van der Waals surface area contributed by atoms with Gasteiger partial charge < -0.3 is 71.5 Å². The molecule has 0 radical (unpaired) electrons. The van der Waals surface area contributed by atoms with Gasteiger partial charge in [-0.2, -0.15) is 0 Å². The number of aliphatic hydroxyl groups excluding tert-OH is 10. The standard InChI is InChI=1S/C27H50N6O13/c34-9-15(38)1-5-19-21(7-3-17(40)11-36)30(25(44)28-19)13-32-23(42)24(43)33(27(32)46)14-31-22(8-4-18(41)12-37)20(29-26(31)45)6-2-16(39)10-35/h15-24,34-43H,1-14H2,(H,28,44)(H,29,45). The van der Waals surface area contributed by atoms with Crippen molar-refractivity contribution in [3.8, 4) is 0 Å². The Morgan fingerprint density at radius 3 is 1.13 bits per heavy atom. The third kappa shape index (κ3) is 9.27. The van der Waals surface area contributed by atoms with Crippen molar-refractivity contribution < 1.29 is 65.4 Å². The fourth-order valence-corrected chi connectivity index (χ4v) is 6.16. The van der Waals surface area contributed by atoms with E-state index in [9.17, 15) is 65.4 Å². The Morgan fingerprint density at radius 2 is 0.826 bits per heavy atom. The topological polar surface area (TPSA) is 291 Å². The molecule has 3 heterocycles. The molecule has 3 fully saturated rings. The number of hydrogen-bond donors (Lipinski definition) is 12. The molecular weight excluding hydrogens is 616 g/mol. The average molecular weight is 667 g/mol. The van der Waals surface area contributed by atoms with E-state index in [1.54, 1.807) is 0 Å². The lowest BCUT2D eigenvalue weighted by molar-refractivity contribution is -0.0812. The summed E-state index contributed by atoms with van der Waals surface area (Å²) in [7, 11) is 0. The van der Waals surface area contributed by atoms with Gasteiger partial charge in [0.1, 0.15) is 13.3 Å². The van der Waals surface area contributed by atoms with Crippen molar-refractivity contribution in [2.75, 3.05) is 39.8 Å². The molecule has 19 nitrogen and oxygen atoms in total. The molecule has 0 aliphatic carbocycles. The summed E-state index contributed by atoms with van der Waals surface area (Å²) in [6, 6.07) is -4.59. The molecule has 46 heavy (non-hydrogen) atoms. The lowest BCUT2D eigenvalue weighted by Crippen LogP contribution is -2.50. The van der Waals surface area contributed by atoms with Crippen LogP contribution in [0.1, 0.15) is 51.4 Å². The first-order valence-electron chi connectivity index (χ1n) is 15.6. The maximum absolute atomic E-state index is 13.6. The van der Waals surface area contributed by atoms with E-state index < -0.39 is 119 Å². The maximum Gasteiger partial charge on any atom is 0.327 e. The van der Waals surface area contributed by atoms with Crippen LogP contribution < -0.4 is 10.6 Å². The molecule has 3 rings (SSSR count). The molecule has 0 bridgehead atoms. The fraction of sp³-hybridized carbons (Fsp3) is 0.889. The second kappa shape index (κ2) is 17.5. The molecule has 0 aromatic rings. The van der Waals surface area contributed by atoms with E-state index in [0.29, 0.717) is 0 Å². The predicted octanol–water partition coefficient (Wildman–Crippen LogP) is -4.67. The van der Waals surface area contributed by atoms with Gasteiger partial charge in [0.15, 0.2) is 12.5 Å². The van der Waals surface area contributed by atoms with Gasteiger partial charge in [0.2, 0.25) is 0 Å². The minimum atomic E-state index is -1.81. The van der Waals surface area contributed by atoms with Gasteiger partial charge in [0.05, 0.1) is 75.0 Å². The van der Waals surface area contributed by atoms with Crippen LogP contribution in [0.3, 0.4) is 0 Å². The number of aliphatic hydroxyl groups is 10. The number of amides is 6. The van der Waals surface area contributed by atoms with Crippen LogP contribution in [0.2, 0.25) is 0 Å². The zero-order valence-corrected chi connectivity index (χ0v) is 25.7. The van der Waals surface area contributed by atoms with Gasteiger partial charge in [0, 0.05) is 0 Å². The summed E-state index contributed by atoms with van der Waals surface area (Å²) in [6.07, 6.45) is -6.56. The van der Waals surface area contributed by atoms with E-state index in [2.05, 4.69) is 10.6 Å². The smallest absolute Gasteiger partial charge is 0.327 e. The zero-order chi connectivity index (χ0) is 34.1. The molecule has 3 saturated heterocycles. The summed E-state index contributed by atoms with van der Waals surface area (Å²) in [6.45, 7) is -2.97. The van der Waals surface area contributed by atoms with E-state index in [4.69, 9.17) is 0 Å². The third-order valence-corrected chi connectivity index (χ3v) is 8.93. The van der Waals surface area contributed by atoms with Gasteiger partial charge >= 0.3 is 18.1 Å². The predicted molar refractivity (Wildman–Crippen MR) is 156 cm³/mol. The van der Waals surface area contributed by atoms with Crippen LogP contribution in [0.15, 0.2) is 0 Å². The molecule has 0 spiro atoms. The molecule has 266 valence electrons. The summed E-state index contributed by atoms with van der Waals surface area (Å²) in [4.78, 5) is 43.8. The Bertz CT molecular complexity index is 926. The Kier molecular flexibility index (Phi) is 14.4. The highest BCUT2D eigenvalue weighted by Crippen LogP contribution is 2.29. The molecule has 10 atom stereocenters.